The molecule has 2 N–H and O–H groups in total. The average molecular weight is 271 g/mol. The summed E-state index contributed by atoms with van der Waals surface area (Å²) in [4.78, 5) is 10.5. The van der Waals surface area contributed by atoms with Crippen LogP contribution < -0.4 is 5.32 Å². The molecule has 6 heteroatoms. The van der Waals surface area contributed by atoms with Crippen molar-refractivity contribution in [3.63, 3.8) is 0 Å². The van der Waals surface area contributed by atoms with Crippen LogP contribution in [0.3, 0.4) is 0 Å². The first kappa shape index (κ1) is 13.1. The number of nitro benzene ring substituents is 1. The van der Waals surface area contributed by atoms with Crippen molar-refractivity contribution in [2.75, 3.05) is 5.32 Å². The molecule has 0 bridgehead atoms. The molecule has 1 fully saturated rings. The van der Waals surface area contributed by atoms with Crippen LogP contribution in [-0.2, 0) is 0 Å². The van der Waals surface area contributed by atoms with E-state index in [0.29, 0.717) is 5.69 Å². The average Bonchev–Trinajstić information content (AvgIpc) is 2.31. The Kier molecular flexibility index (Phi) is 4.04. The van der Waals surface area contributed by atoms with E-state index in [9.17, 15) is 15.2 Å². The maximum atomic E-state index is 11.0. The van der Waals surface area contributed by atoms with Gasteiger partial charge in [-0.25, -0.2) is 0 Å². The molecule has 0 radical (unpaired) electrons. The Balaban J connectivity index is 2.23. The van der Waals surface area contributed by atoms with Gasteiger partial charge in [0.15, 0.2) is 0 Å². The van der Waals surface area contributed by atoms with Crippen LogP contribution >= 0.6 is 11.6 Å². The normalized spacial score (nSPS) is 23.7. The highest BCUT2D eigenvalue weighted by molar-refractivity contribution is 6.33. The van der Waals surface area contributed by atoms with Crippen molar-refractivity contribution in [1.82, 2.24) is 0 Å². The number of hydrogen-bond acceptors (Lipinski definition) is 4. The molecule has 1 aromatic carbocycles. The van der Waals surface area contributed by atoms with E-state index in [1.165, 1.54) is 6.07 Å². The minimum Gasteiger partial charge on any atom is -0.391 e. The molecule has 0 saturated heterocycles. The van der Waals surface area contributed by atoms with Crippen LogP contribution in [0.4, 0.5) is 11.4 Å². The maximum Gasteiger partial charge on any atom is 0.310 e. The number of nitrogens with one attached hydrogen (secondary N) is 1. The van der Waals surface area contributed by atoms with Crippen molar-refractivity contribution >= 4 is 23.0 Å². The zero-order valence-electron chi connectivity index (χ0n) is 9.80. The summed E-state index contributed by atoms with van der Waals surface area (Å²) in [5.74, 6) is 0. The number of anilines is 1. The molecule has 1 aromatic rings. The van der Waals surface area contributed by atoms with Crippen LogP contribution in [-0.4, -0.2) is 22.2 Å². The fraction of sp³-hybridized carbons (Fsp3) is 0.500. The van der Waals surface area contributed by atoms with E-state index >= 15 is 0 Å². The van der Waals surface area contributed by atoms with E-state index in [4.69, 9.17) is 11.6 Å². The first-order chi connectivity index (χ1) is 8.59. The lowest BCUT2D eigenvalue weighted by molar-refractivity contribution is -0.383. The largest absolute Gasteiger partial charge is 0.391 e. The molecular weight excluding hydrogens is 256 g/mol. The quantitative estimate of drug-likeness (QED) is 0.654. The Hall–Kier alpha value is -1.33. The molecule has 1 saturated carbocycles. The van der Waals surface area contributed by atoms with Crippen molar-refractivity contribution in [3.8, 4) is 0 Å². The highest BCUT2D eigenvalue weighted by Gasteiger charge is 2.26. The molecule has 1 aliphatic carbocycles. The zero-order valence-corrected chi connectivity index (χ0v) is 10.6. The standard InChI is InChI=1S/C12H15ClN2O3/c13-8-4-3-6-10(12(8)15(17)18)14-9-5-1-2-7-11(9)16/h3-4,6,9,11,14,16H,1-2,5,7H2. The highest BCUT2D eigenvalue weighted by Crippen LogP contribution is 2.34. The number of nitro groups is 1. The fourth-order valence-corrected chi connectivity index (χ4v) is 2.54. The molecule has 1 aliphatic rings. The van der Waals surface area contributed by atoms with Gasteiger partial charge in [0.1, 0.15) is 10.7 Å². The minimum absolute atomic E-state index is 0.107. The van der Waals surface area contributed by atoms with E-state index in [2.05, 4.69) is 5.32 Å². The lowest BCUT2D eigenvalue weighted by Gasteiger charge is -2.29. The van der Waals surface area contributed by atoms with Gasteiger partial charge in [-0.15, -0.1) is 0 Å². The third kappa shape index (κ3) is 2.73. The Bertz CT molecular complexity index is 453. The van der Waals surface area contributed by atoms with Crippen molar-refractivity contribution in [1.29, 1.82) is 0 Å². The first-order valence-electron chi connectivity index (χ1n) is 5.97. The Morgan fingerprint density at radius 2 is 2.11 bits per heavy atom. The molecule has 0 aliphatic heterocycles. The summed E-state index contributed by atoms with van der Waals surface area (Å²) in [6.45, 7) is 0. The number of para-hydroxylation sites is 1. The minimum atomic E-state index is -0.500. The van der Waals surface area contributed by atoms with Gasteiger partial charge in [0, 0.05) is 0 Å². The van der Waals surface area contributed by atoms with Gasteiger partial charge in [-0.05, 0) is 25.0 Å². The second kappa shape index (κ2) is 5.54. The SMILES string of the molecule is O=[N+]([O-])c1c(Cl)cccc1NC1CCCCC1O. The summed E-state index contributed by atoms with van der Waals surface area (Å²) in [5, 5.41) is 24.0. The first-order valence-corrected chi connectivity index (χ1v) is 6.35. The van der Waals surface area contributed by atoms with Crippen LogP contribution in [0.5, 0.6) is 0 Å². The van der Waals surface area contributed by atoms with Crippen molar-refractivity contribution in [2.24, 2.45) is 0 Å². The Morgan fingerprint density at radius 1 is 1.39 bits per heavy atom. The van der Waals surface area contributed by atoms with Crippen LogP contribution in [0.25, 0.3) is 0 Å². The molecule has 0 amide bonds. The van der Waals surface area contributed by atoms with Crippen LogP contribution in [0.15, 0.2) is 18.2 Å². The predicted molar refractivity (Wildman–Crippen MR) is 70.0 cm³/mol. The molecule has 18 heavy (non-hydrogen) atoms. The molecule has 0 heterocycles. The molecule has 2 atom stereocenters. The van der Waals surface area contributed by atoms with Gasteiger partial charge in [-0.1, -0.05) is 30.5 Å². The number of halogens is 1. The molecule has 2 unspecified atom stereocenters. The van der Waals surface area contributed by atoms with Crippen LogP contribution in [0, 0.1) is 10.1 Å². The van der Waals surface area contributed by atoms with E-state index < -0.39 is 11.0 Å². The molecule has 0 aromatic heterocycles. The van der Waals surface area contributed by atoms with Gasteiger partial charge in [-0.2, -0.15) is 0 Å². The molecular formula is C12H15ClN2O3. The smallest absolute Gasteiger partial charge is 0.310 e. The summed E-state index contributed by atoms with van der Waals surface area (Å²) < 4.78 is 0. The topological polar surface area (TPSA) is 75.4 Å². The number of nitrogens with zero attached hydrogens (tertiary/aromatic N) is 1. The van der Waals surface area contributed by atoms with Crippen LogP contribution in [0.1, 0.15) is 25.7 Å². The predicted octanol–water partition coefficient (Wildman–Crippen LogP) is 2.96. The summed E-state index contributed by atoms with van der Waals surface area (Å²) in [5.41, 5.74) is 0.246. The van der Waals surface area contributed by atoms with Gasteiger partial charge in [0.25, 0.3) is 0 Å². The number of aliphatic hydroxyl groups excluding tert-OH is 1. The van der Waals surface area contributed by atoms with E-state index in [-0.39, 0.29) is 16.8 Å². The zero-order chi connectivity index (χ0) is 13.1. The number of hydrogen-bond donors (Lipinski definition) is 2. The maximum absolute atomic E-state index is 11.0. The van der Waals surface area contributed by atoms with Gasteiger partial charge >= 0.3 is 5.69 Å². The third-order valence-corrected chi connectivity index (χ3v) is 3.54. The van der Waals surface area contributed by atoms with Gasteiger partial charge in [0.2, 0.25) is 0 Å². The van der Waals surface area contributed by atoms with E-state index in [0.717, 1.165) is 25.7 Å². The molecule has 5 nitrogen and oxygen atoms in total. The van der Waals surface area contributed by atoms with Crippen LogP contribution in [0.2, 0.25) is 5.02 Å². The summed E-state index contributed by atoms with van der Waals surface area (Å²) >= 11 is 5.83. The van der Waals surface area contributed by atoms with Gasteiger partial charge in [0.05, 0.1) is 17.1 Å². The van der Waals surface area contributed by atoms with Crippen molar-refractivity contribution in [2.45, 2.75) is 37.8 Å². The second-order valence-electron chi connectivity index (χ2n) is 4.50. The third-order valence-electron chi connectivity index (χ3n) is 3.24. The monoisotopic (exact) mass is 270 g/mol. The molecule has 0 spiro atoms. The van der Waals surface area contributed by atoms with Crippen molar-refractivity contribution in [3.05, 3.63) is 33.3 Å². The highest BCUT2D eigenvalue weighted by atomic mass is 35.5. The fourth-order valence-electron chi connectivity index (χ4n) is 2.30. The number of aliphatic hydroxyl groups is 1. The number of benzene rings is 1. The van der Waals surface area contributed by atoms with E-state index in [1.807, 2.05) is 0 Å². The Morgan fingerprint density at radius 3 is 2.78 bits per heavy atom. The lowest BCUT2D eigenvalue weighted by atomic mass is 9.92. The summed E-state index contributed by atoms with van der Waals surface area (Å²) in [6, 6.07) is 4.62. The van der Waals surface area contributed by atoms with Gasteiger partial charge in [-0.3, -0.25) is 10.1 Å². The lowest BCUT2D eigenvalue weighted by Crippen LogP contribution is -2.36. The summed E-state index contributed by atoms with van der Waals surface area (Å²) in [7, 11) is 0. The molecule has 98 valence electrons. The van der Waals surface area contributed by atoms with Crippen molar-refractivity contribution < 1.29 is 10.0 Å². The number of rotatable bonds is 3. The second-order valence-corrected chi connectivity index (χ2v) is 4.90. The van der Waals surface area contributed by atoms with Gasteiger partial charge < -0.3 is 10.4 Å². The van der Waals surface area contributed by atoms with E-state index in [1.54, 1.807) is 12.1 Å². The Labute approximate surface area is 110 Å². The molecule has 2 rings (SSSR count). The summed E-state index contributed by atoms with van der Waals surface area (Å²) in [6.07, 6.45) is 3.09.